The molecule has 0 aliphatic heterocycles. The summed E-state index contributed by atoms with van der Waals surface area (Å²) in [5.41, 5.74) is -0.815. The maximum absolute atomic E-state index is 10.1. The monoisotopic (exact) mass is 226 g/mol. The smallest absolute Gasteiger partial charge is 0.403 e. The number of halogens is 1. The van der Waals surface area contributed by atoms with E-state index in [1.807, 2.05) is 0 Å². The highest BCUT2D eigenvalue weighted by Crippen LogP contribution is 1.86. The van der Waals surface area contributed by atoms with Gasteiger partial charge in [0.05, 0.1) is 33.0 Å². The summed E-state index contributed by atoms with van der Waals surface area (Å²) >= 11 is 4.92. The first kappa shape index (κ1) is 13.6. The Balaban J connectivity index is 2.88. The highest BCUT2D eigenvalue weighted by Gasteiger charge is 1.94. The fraction of sp³-hybridized carbons (Fsp3) is 0.875. The van der Waals surface area contributed by atoms with Crippen molar-refractivity contribution in [1.82, 2.24) is 0 Å². The maximum Gasteiger partial charge on any atom is 0.403 e. The molecular formula is C8H15ClO5. The molecule has 0 spiro atoms. The van der Waals surface area contributed by atoms with Crippen LogP contribution in [0.5, 0.6) is 0 Å². The van der Waals surface area contributed by atoms with Crippen LogP contribution in [0.15, 0.2) is 0 Å². The molecule has 0 aliphatic carbocycles. The van der Waals surface area contributed by atoms with Gasteiger partial charge in [-0.25, -0.2) is 4.79 Å². The summed E-state index contributed by atoms with van der Waals surface area (Å²) in [7, 11) is 1.61. The number of rotatable bonds is 9. The van der Waals surface area contributed by atoms with Crippen LogP contribution in [-0.2, 0) is 18.9 Å². The zero-order valence-electron chi connectivity index (χ0n) is 8.16. The Morgan fingerprint density at radius 2 is 1.50 bits per heavy atom. The molecule has 0 aromatic carbocycles. The molecular weight excluding hydrogens is 212 g/mol. The van der Waals surface area contributed by atoms with Gasteiger partial charge in [-0.15, -0.1) is 0 Å². The van der Waals surface area contributed by atoms with Crippen molar-refractivity contribution in [3.8, 4) is 0 Å². The van der Waals surface area contributed by atoms with E-state index in [-0.39, 0.29) is 6.61 Å². The van der Waals surface area contributed by atoms with Crippen LogP contribution in [0.4, 0.5) is 4.79 Å². The fourth-order valence-electron chi connectivity index (χ4n) is 0.645. The largest absolute Gasteiger partial charge is 0.451 e. The minimum absolute atomic E-state index is 0.167. The predicted molar refractivity (Wildman–Crippen MR) is 50.7 cm³/mol. The van der Waals surface area contributed by atoms with Crippen molar-refractivity contribution < 1.29 is 23.7 Å². The van der Waals surface area contributed by atoms with E-state index in [2.05, 4.69) is 4.74 Å². The second kappa shape index (κ2) is 10.7. The van der Waals surface area contributed by atoms with Gasteiger partial charge in [-0.3, -0.25) is 0 Å². The van der Waals surface area contributed by atoms with Crippen molar-refractivity contribution in [2.45, 2.75) is 0 Å². The first-order valence-electron chi connectivity index (χ1n) is 4.24. The number of methoxy groups -OCH3 is 1. The zero-order valence-corrected chi connectivity index (χ0v) is 8.92. The van der Waals surface area contributed by atoms with Gasteiger partial charge in [0, 0.05) is 18.7 Å². The van der Waals surface area contributed by atoms with Crippen LogP contribution < -0.4 is 0 Å². The molecule has 0 aromatic heterocycles. The van der Waals surface area contributed by atoms with E-state index in [1.54, 1.807) is 7.11 Å². The van der Waals surface area contributed by atoms with Gasteiger partial charge in [0.2, 0.25) is 0 Å². The Morgan fingerprint density at radius 3 is 2.00 bits per heavy atom. The Morgan fingerprint density at radius 1 is 1.00 bits per heavy atom. The molecule has 14 heavy (non-hydrogen) atoms. The molecule has 6 heteroatoms. The van der Waals surface area contributed by atoms with Gasteiger partial charge in [0.1, 0.15) is 6.61 Å². The molecule has 0 rings (SSSR count). The molecule has 0 saturated carbocycles. The van der Waals surface area contributed by atoms with Gasteiger partial charge in [-0.1, -0.05) is 0 Å². The lowest BCUT2D eigenvalue weighted by Crippen LogP contribution is -2.11. The van der Waals surface area contributed by atoms with Crippen LogP contribution in [0, 0.1) is 0 Å². The fourth-order valence-corrected chi connectivity index (χ4v) is 0.722. The average molecular weight is 227 g/mol. The topological polar surface area (TPSA) is 54.0 Å². The van der Waals surface area contributed by atoms with Crippen LogP contribution in [0.3, 0.4) is 0 Å². The van der Waals surface area contributed by atoms with Crippen molar-refractivity contribution in [2.75, 3.05) is 46.8 Å². The summed E-state index contributed by atoms with van der Waals surface area (Å²) < 4.78 is 19.4. The van der Waals surface area contributed by atoms with Crippen LogP contribution in [0.25, 0.3) is 0 Å². The Kier molecular flexibility index (Phi) is 10.4. The van der Waals surface area contributed by atoms with E-state index in [4.69, 9.17) is 25.8 Å². The number of hydrogen-bond acceptors (Lipinski definition) is 5. The van der Waals surface area contributed by atoms with Gasteiger partial charge < -0.3 is 18.9 Å². The highest BCUT2D eigenvalue weighted by atomic mass is 35.5. The third-order valence-electron chi connectivity index (χ3n) is 1.25. The van der Waals surface area contributed by atoms with Gasteiger partial charge >= 0.3 is 5.43 Å². The Labute approximate surface area is 88.2 Å². The molecule has 0 unspecified atom stereocenters. The molecule has 0 radical (unpaired) electrons. The standard InChI is InChI=1S/C8H15ClO5/c1-11-2-3-12-4-5-13-6-7-14-8(9)10/h2-7H2,1H3. The summed E-state index contributed by atoms with van der Waals surface area (Å²) in [5.74, 6) is 0. The molecule has 0 amide bonds. The van der Waals surface area contributed by atoms with E-state index < -0.39 is 5.43 Å². The van der Waals surface area contributed by atoms with Gasteiger partial charge in [0.25, 0.3) is 0 Å². The van der Waals surface area contributed by atoms with Crippen LogP contribution in [-0.4, -0.2) is 52.2 Å². The first-order valence-corrected chi connectivity index (χ1v) is 4.62. The van der Waals surface area contributed by atoms with Gasteiger partial charge in [0.15, 0.2) is 0 Å². The molecule has 0 aliphatic rings. The summed E-state index contributed by atoms with van der Waals surface area (Å²) in [6.07, 6.45) is 0. The van der Waals surface area contributed by atoms with Crippen LogP contribution >= 0.6 is 11.6 Å². The SMILES string of the molecule is COCCOCCOCCOC(=O)Cl. The normalized spacial score (nSPS) is 10.1. The minimum atomic E-state index is -0.815. The second-order valence-electron chi connectivity index (χ2n) is 2.30. The van der Waals surface area contributed by atoms with Crippen LogP contribution in [0.1, 0.15) is 0 Å². The molecule has 84 valence electrons. The Hall–Kier alpha value is -0.360. The molecule has 0 saturated heterocycles. The lowest BCUT2D eigenvalue weighted by Gasteiger charge is -2.04. The van der Waals surface area contributed by atoms with E-state index >= 15 is 0 Å². The third-order valence-corrected chi connectivity index (χ3v) is 1.36. The van der Waals surface area contributed by atoms with Crippen molar-refractivity contribution in [3.63, 3.8) is 0 Å². The molecule has 0 atom stereocenters. The lowest BCUT2D eigenvalue weighted by molar-refractivity contribution is 0.0149. The van der Waals surface area contributed by atoms with Gasteiger partial charge in [-0.2, -0.15) is 0 Å². The van der Waals surface area contributed by atoms with E-state index in [1.165, 1.54) is 0 Å². The van der Waals surface area contributed by atoms with Gasteiger partial charge in [-0.05, 0) is 0 Å². The molecule has 5 nitrogen and oxygen atoms in total. The molecule has 0 N–H and O–H groups in total. The summed E-state index contributed by atoms with van der Waals surface area (Å²) in [6.45, 7) is 2.58. The van der Waals surface area contributed by atoms with E-state index in [9.17, 15) is 4.79 Å². The third kappa shape index (κ3) is 11.6. The van der Waals surface area contributed by atoms with E-state index in [0.29, 0.717) is 33.0 Å². The first-order chi connectivity index (χ1) is 6.77. The minimum Gasteiger partial charge on any atom is -0.451 e. The Bertz CT molecular complexity index is 142. The second-order valence-corrected chi connectivity index (χ2v) is 2.61. The van der Waals surface area contributed by atoms with Crippen molar-refractivity contribution in [1.29, 1.82) is 0 Å². The number of carbonyl (C=O) groups excluding carboxylic acids is 1. The molecule has 0 aromatic rings. The summed E-state index contributed by atoms with van der Waals surface area (Å²) in [4.78, 5) is 10.1. The molecule has 0 heterocycles. The van der Waals surface area contributed by atoms with Crippen molar-refractivity contribution in [3.05, 3.63) is 0 Å². The maximum atomic E-state index is 10.1. The predicted octanol–water partition coefficient (Wildman–Crippen LogP) is 1.04. The van der Waals surface area contributed by atoms with Crippen molar-refractivity contribution >= 4 is 17.0 Å². The average Bonchev–Trinajstić information content (AvgIpc) is 2.15. The molecule has 0 fully saturated rings. The number of carbonyl (C=O) groups is 1. The summed E-state index contributed by atoms with van der Waals surface area (Å²) in [5, 5.41) is 0. The number of hydrogen-bond donors (Lipinski definition) is 0. The lowest BCUT2D eigenvalue weighted by atomic mass is 10.7. The van der Waals surface area contributed by atoms with Crippen LogP contribution in [0.2, 0.25) is 0 Å². The zero-order chi connectivity index (χ0) is 10.6. The van der Waals surface area contributed by atoms with Crippen molar-refractivity contribution in [2.24, 2.45) is 0 Å². The quantitative estimate of drug-likeness (QED) is 0.434. The highest BCUT2D eigenvalue weighted by molar-refractivity contribution is 6.61. The van der Waals surface area contributed by atoms with E-state index in [0.717, 1.165) is 0 Å². The molecule has 0 bridgehead atoms. The number of ether oxygens (including phenoxy) is 4. The summed E-state index contributed by atoms with van der Waals surface area (Å²) in [6, 6.07) is 0.